The van der Waals surface area contributed by atoms with Crippen molar-refractivity contribution in [2.45, 2.75) is 117 Å². The van der Waals surface area contributed by atoms with Crippen molar-refractivity contribution >= 4 is 8.80 Å². The molecule has 4 nitrogen and oxygen atoms in total. The Morgan fingerprint density at radius 2 is 0.889 bits per heavy atom. The van der Waals surface area contributed by atoms with Crippen molar-refractivity contribution in [1.82, 2.24) is 0 Å². The fraction of sp³-hybridized carbons (Fsp3) is 1.00. The van der Waals surface area contributed by atoms with Crippen molar-refractivity contribution < 1.29 is 18.9 Å². The number of quaternary nitrogens is 1. The zero-order valence-electron chi connectivity index (χ0n) is 18.7. The summed E-state index contributed by atoms with van der Waals surface area (Å²) < 4.78 is 1.04. The minimum Gasteiger partial charge on any atom is -0.390 e. The van der Waals surface area contributed by atoms with Gasteiger partial charge in [-0.15, -0.1) is 0 Å². The first-order chi connectivity index (χ1) is 12.9. The maximum Gasteiger partial charge on any atom is 0.492 e. The van der Waals surface area contributed by atoms with Gasteiger partial charge in [-0.2, -0.15) is 0 Å². The highest BCUT2D eigenvalue weighted by Crippen LogP contribution is 2.16. The van der Waals surface area contributed by atoms with E-state index in [4.69, 9.17) is 0 Å². The van der Waals surface area contributed by atoms with Gasteiger partial charge < -0.3 is 18.9 Å². The van der Waals surface area contributed by atoms with Crippen LogP contribution >= 0.6 is 0 Å². The molecule has 0 aliphatic rings. The van der Waals surface area contributed by atoms with E-state index in [1.165, 1.54) is 90.0 Å². The first kappa shape index (κ1) is 27.1. The molecule has 0 aromatic heterocycles. The molecule has 5 heteroatoms. The molecule has 0 amide bonds. The van der Waals surface area contributed by atoms with E-state index >= 15 is 0 Å². The Labute approximate surface area is 171 Å². The van der Waals surface area contributed by atoms with Crippen molar-refractivity contribution in [3.05, 3.63) is 0 Å². The largest absolute Gasteiger partial charge is 0.492 e. The molecule has 0 aromatic carbocycles. The lowest BCUT2D eigenvalue weighted by molar-refractivity contribution is -0.925. The van der Waals surface area contributed by atoms with Crippen LogP contribution in [0.25, 0.3) is 0 Å². The summed E-state index contributed by atoms with van der Waals surface area (Å²) in [6, 6.07) is 0.172. The Kier molecular flexibility index (Phi) is 17.0. The maximum atomic E-state index is 9.20. The fourth-order valence-electron chi connectivity index (χ4n) is 4.08. The molecular weight excluding hydrogens is 354 g/mol. The standard InChI is InChI=1S/C22H50NO3Si/c1-4-7-8-9-10-11-12-13-14-15-16-17-18-20-23(5-2,6-3)21-19-22-27(24,25)26/h24-26H,4-22H2,1-3H3/q+1. The smallest absolute Gasteiger partial charge is 0.390 e. The third kappa shape index (κ3) is 16.7. The molecule has 0 aromatic rings. The van der Waals surface area contributed by atoms with Gasteiger partial charge in [-0.1, -0.05) is 77.6 Å². The Morgan fingerprint density at radius 3 is 1.26 bits per heavy atom. The highest BCUT2D eigenvalue weighted by molar-refractivity contribution is 6.56. The van der Waals surface area contributed by atoms with Crippen LogP contribution in [0.5, 0.6) is 0 Å². The summed E-state index contributed by atoms with van der Waals surface area (Å²) in [6.45, 7) is 11.0. The number of hydrogen-bond donors (Lipinski definition) is 3. The quantitative estimate of drug-likeness (QED) is 0.148. The molecular formula is C22H50NO3Si+. The van der Waals surface area contributed by atoms with Gasteiger partial charge in [0.2, 0.25) is 0 Å². The molecule has 0 bridgehead atoms. The Bertz CT molecular complexity index is 317. The molecule has 0 radical (unpaired) electrons. The molecule has 0 heterocycles. The van der Waals surface area contributed by atoms with Crippen molar-refractivity contribution in [2.24, 2.45) is 0 Å². The Balaban J connectivity index is 3.63. The van der Waals surface area contributed by atoms with Crippen LogP contribution < -0.4 is 0 Å². The molecule has 0 aliphatic heterocycles. The second-order valence-electron chi connectivity index (χ2n) is 8.54. The molecule has 0 unspecified atom stereocenters. The van der Waals surface area contributed by atoms with Crippen molar-refractivity contribution in [3.63, 3.8) is 0 Å². The molecule has 27 heavy (non-hydrogen) atoms. The summed E-state index contributed by atoms with van der Waals surface area (Å²) in [5, 5.41) is 0. The van der Waals surface area contributed by atoms with Crippen molar-refractivity contribution in [2.75, 3.05) is 26.2 Å². The molecule has 3 N–H and O–H groups in total. The van der Waals surface area contributed by atoms with Crippen molar-refractivity contribution in [3.8, 4) is 0 Å². The average Bonchev–Trinajstić information content (AvgIpc) is 2.63. The van der Waals surface area contributed by atoms with Crippen LogP contribution in [0.3, 0.4) is 0 Å². The zero-order valence-corrected chi connectivity index (χ0v) is 19.7. The van der Waals surface area contributed by atoms with Crippen LogP contribution in [0.15, 0.2) is 0 Å². The normalized spacial score (nSPS) is 12.7. The predicted octanol–water partition coefficient (Wildman–Crippen LogP) is 5.24. The van der Waals surface area contributed by atoms with Crippen LogP contribution in [0.2, 0.25) is 6.04 Å². The van der Waals surface area contributed by atoms with Gasteiger partial charge in [0.05, 0.1) is 26.2 Å². The second kappa shape index (κ2) is 17.0. The summed E-state index contributed by atoms with van der Waals surface area (Å²) in [7, 11) is -3.86. The van der Waals surface area contributed by atoms with E-state index in [-0.39, 0.29) is 6.04 Å². The summed E-state index contributed by atoms with van der Waals surface area (Å²) in [4.78, 5) is 27.6. The van der Waals surface area contributed by atoms with E-state index < -0.39 is 8.80 Å². The van der Waals surface area contributed by atoms with Gasteiger partial charge in [0.1, 0.15) is 0 Å². The van der Waals surface area contributed by atoms with E-state index in [0.29, 0.717) is 6.42 Å². The number of hydrogen-bond acceptors (Lipinski definition) is 3. The number of rotatable bonds is 20. The SMILES string of the molecule is CCCCCCCCCCCCCCC[N+](CC)(CC)CCC[Si](O)(O)O. The number of unbranched alkanes of at least 4 members (excludes halogenated alkanes) is 12. The molecule has 164 valence electrons. The van der Waals surface area contributed by atoms with E-state index in [0.717, 1.165) is 24.1 Å². The van der Waals surface area contributed by atoms with Crippen LogP contribution in [-0.2, 0) is 0 Å². The van der Waals surface area contributed by atoms with Gasteiger partial charge in [-0.05, 0) is 26.7 Å². The highest BCUT2D eigenvalue weighted by atomic mass is 28.4. The monoisotopic (exact) mass is 404 g/mol. The van der Waals surface area contributed by atoms with Crippen LogP contribution in [0.4, 0.5) is 0 Å². The fourth-order valence-corrected chi connectivity index (χ4v) is 4.72. The summed E-state index contributed by atoms with van der Waals surface area (Å²) in [6.07, 6.45) is 18.7. The molecule has 0 atom stereocenters. The Morgan fingerprint density at radius 1 is 0.519 bits per heavy atom. The van der Waals surface area contributed by atoms with Crippen LogP contribution in [0.1, 0.15) is 111 Å². The van der Waals surface area contributed by atoms with E-state index in [1.807, 2.05) is 0 Å². The summed E-state index contributed by atoms with van der Waals surface area (Å²) in [5.41, 5.74) is 0. The second-order valence-corrected chi connectivity index (χ2v) is 10.6. The summed E-state index contributed by atoms with van der Waals surface area (Å²) >= 11 is 0. The third-order valence-electron chi connectivity index (χ3n) is 6.22. The third-order valence-corrected chi connectivity index (χ3v) is 7.25. The molecule has 0 spiro atoms. The first-order valence-corrected chi connectivity index (χ1v) is 14.0. The average molecular weight is 405 g/mol. The lowest BCUT2D eigenvalue weighted by Crippen LogP contribution is -2.49. The minimum atomic E-state index is -3.86. The van der Waals surface area contributed by atoms with E-state index in [9.17, 15) is 14.4 Å². The lowest BCUT2D eigenvalue weighted by atomic mass is 10.0. The summed E-state index contributed by atoms with van der Waals surface area (Å²) in [5.74, 6) is 0. The van der Waals surface area contributed by atoms with Crippen molar-refractivity contribution in [1.29, 1.82) is 0 Å². The maximum absolute atomic E-state index is 9.20. The van der Waals surface area contributed by atoms with E-state index in [1.54, 1.807) is 0 Å². The van der Waals surface area contributed by atoms with Gasteiger partial charge in [-0.25, -0.2) is 0 Å². The zero-order chi connectivity index (χ0) is 20.4. The van der Waals surface area contributed by atoms with Gasteiger partial charge in [0.15, 0.2) is 0 Å². The predicted molar refractivity (Wildman–Crippen MR) is 119 cm³/mol. The molecule has 0 saturated heterocycles. The molecule has 0 aliphatic carbocycles. The van der Waals surface area contributed by atoms with E-state index in [2.05, 4.69) is 20.8 Å². The van der Waals surface area contributed by atoms with Gasteiger partial charge in [-0.3, -0.25) is 0 Å². The lowest BCUT2D eigenvalue weighted by Gasteiger charge is -2.37. The van der Waals surface area contributed by atoms with Gasteiger partial charge >= 0.3 is 8.80 Å². The first-order valence-electron chi connectivity index (χ1n) is 11.9. The Hall–Kier alpha value is 0.0569. The van der Waals surface area contributed by atoms with Gasteiger partial charge in [0.25, 0.3) is 0 Å². The van der Waals surface area contributed by atoms with Crippen LogP contribution in [0, 0.1) is 0 Å². The molecule has 0 rings (SSSR count). The van der Waals surface area contributed by atoms with Gasteiger partial charge in [0, 0.05) is 12.5 Å². The highest BCUT2D eigenvalue weighted by Gasteiger charge is 2.29. The molecule has 0 fully saturated rings. The molecule has 0 saturated carbocycles. The number of nitrogens with zero attached hydrogens (tertiary/aromatic N) is 1. The minimum absolute atomic E-state index is 0.172. The topological polar surface area (TPSA) is 60.7 Å². The van der Waals surface area contributed by atoms with Crippen LogP contribution in [-0.4, -0.2) is 53.9 Å².